The number of aryl methyl sites for hydroxylation is 2. The van der Waals surface area contributed by atoms with Gasteiger partial charge in [-0.25, -0.2) is 8.42 Å². The van der Waals surface area contributed by atoms with E-state index in [0.29, 0.717) is 24.7 Å². The van der Waals surface area contributed by atoms with Gasteiger partial charge >= 0.3 is 0 Å². The number of nitrogens with one attached hydrogen (secondary N) is 1. The van der Waals surface area contributed by atoms with Crippen molar-refractivity contribution in [3.63, 3.8) is 0 Å². The Balaban J connectivity index is 1.80. The van der Waals surface area contributed by atoms with Crippen LogP contribution in [0.2, 0.25) is 0 Å². The van der Waals surface area contributed by atoms with Crippen molar-refractivity contribution in [1.82, 2.24) is 4.31 Å². The standard InChI is InChI=1S/C23H30N2O6S/c1-15-12-16(2)17(3)21(13-15)31-18(4)23(26)24-19-6-7-20(29-5)22(14-19)32(27,28)25-8-10-30-11-9-25/h6-7,12-14,18H,8-11H2,1-5H3,(H,24,26)/t18-/m1/s1. The predicted octanol–water partition coefficient (Wildman–Crippen LogP) is 3.05. The van der Waals surface area contributed by atoms with E-state index >= 15 is 0 Å². The zero-order valence-corrected chi connectivity index (χ0v) is 19.9. The lowest BCUT2D eigenvalue weighted by Gasteiger charge is -2.27. The maximum atomic E-state index is 13.1. The third kappa shape index (κ3) is 5.23. The van der Waals surface area contributed by atoms with Crippen molar-refractivity contribution in [3.05, 3.63) is 47.0 Å². The molecule has 1 fully saturated rings. The third-order valence-electron chi connectivity index (χ3n) is 5.46. The number of nitrogens with zero attached hydrogens (tertiary/aromatic N) is 1. The Labute approximate surface area is 189 Å². The van der Waals surface area contributed by atoms with E-state index in [-0.39, 0.29) is 29.6 Å². The van der Waals surface area contributed by atoms with Crippen molar-refractivity contribution in [3.8, 4) is 11.5 Å². The quantitative estimate of drug-likeness (QED) is 0.680. The third-order valence-corrected chi connectivity index (χ3v) is 7.38. The Morgan fingerprint density at radius 2 is 1.78 bits per heavy atom. The first-order valence-electron chi connectivity index (χ1n) is 10.4. The van der Waals surface area contributed by atoms with E-state index in [0.717, 1.165) is 16.7 Å². The van der Waals surface area contributed by atoms with Crippen LogP contribution in [0.3, 0.4) is 0 Å². The van der Waals surface area contributed by atoms with Crippen LogP contribution in [0.4, 0.5) is 5.69 Å². The summed E-state index contributed by atoms with van der Waals surface area (Å²) in [6.07, 6.45) is -0.781. The predicted molar refractivity (Wildman–Crippen MR) is 122 cm³/mol. The van der Waals surface area contributed by atoms with Crippen molar-refractivity contribution in [1.29, 1.82) is 0 Å². The maximum absolute atomic E-state index is 13.1. The highest BCUT2D eigenvalue weighted by molar-refractivity contribution is 7.89. The smallest absolute Gasteiger partial charge is 0.265 e. The molecule has 0 radical (unpaired) electrons. The largest absolute Gasteiger partial charge is 0.495 e. The molecule has 1 saturated heterocycles. The topological polar surface area (TPSA) is 94.2 Å². The molecule has 2 aromatic carbocycles. The molecule has 1 aliphatic rings. The summed E-state index contributed by atoms with van der Waals surface area (Å²) in [6.45, 7) is 8.77. The molecule has 1 aliphatic heterocycles. The summed E-state index contributed by atoms with van der Waals surface area (Å²) < 4.78 is 44.0. The number of amides is 1. The molecule has 3 rings (SSSR count). The molecule has 1 amide bonds. The molecule has 8 nitrogen and oxygen atoms in total. The van der Waals surface area contributed by atoms with Crippen LogP contribution < -0.4 is 14.8 Å². The minimum atomic E-state index is -3.80. The summed E-state index contributed by atoms with van der Waals surface area (Å²) in [5.74, 6) is 0.476. The molecule has 1 N–H and O–H groups in total. The molecule has 0 spiro atoms. The van der Waals surface area contributed by atoms with Gasteiger partial charge in [0.25, 0.3) is 5.91 Å². The van der Waals surface area contributed by atoms with Crippen molar-refractivity contribution >= 4 is 21.6 Å². The number of sulfonamides is 1. The Hall–Kier alpha value is -2.62. The molecule has 0 bridgehead atoms. The van der Waals surface area contributed by atoms with Gasteiger partial charge in [0.1, 0.15) is 16.4 Å². The van der Waals surface area contributed by atoms with Crippen LogP contribution in [0.5, 0.6) is 11.5 Å². The van der Waals surface area contributed by atoms with Gasteiger partial charge in [-0.2, -0.15) is 4.31 Å². The van der Waals surface area contributed by atoms with E-state index in [9.17, 15) is 13.2 Å². The van der Waals surface area contributed by atoms with Crippen LogP contribution in [0.25, 0.3) is 0 Å². The van der Waals surface area contributed by atoms with Crippen LogP contribution in [-0.2, 0) is 19.6 Å². The number of ether oxygens (including phenoxy) is 3. The Bertz CT molecular complexity index is 1090. The molecular weight excluding hydrogens is 432 g/mol. The van der Waals surface area contributed by atoms with Gasteiger partial charge < -0.3 is 19.5 Å². The summed E-state index contributed by atoms with van der Waals surface area (Å²) >= 11 is 0. The molecule has 0 aromatic heterocycles. The van der Waals surface area contributed by atoms with Crippen LogP contribution in [0, 0.1) is 20.8 Å². The number of carbonyl (C=O) groups excluding carboxylic acids is 1. The summed E-state index contributed by atoms with van der Waals surface area (Å²) in [6, 6.07) is 8.50. The normalized spacial score (nSPS) is 15.8. The highest BCUT2D eigenvalue weighted by Crippen LogP contribution is 2.30. The molecule has 0 unspecified atom stereocenters. The zero-order valence-electron chi connectivity index (χ0n) is 19.1. The average molecular weight is 463 g/mol. The molecule has 32 heavy (non-hydrogen) atoms. The molecule has 1 heterocycles. The van der Waals surface area contributed by atoms with Gasteiger partial charge in [-0.05, 0) is 68.7 Å². The average Bonchev–Trinajstić information content (AvgIpc) is 2.77. The number of hydrogen-bond donors (Lipinski definition) is 1. The van der Waals surface area contributed by atoms with Gasteiger partial charge in [-0.1, -0.05) is 6.07 Å². The summed E-state index contributed by atoms with van der Waals surface area (Å²) in [4.78, 5) is 12.8. The fourth-order valence-electron chi connectivity index (χ4n) is 3.49. The number of carbonyl (C=O) groups is 1. The molecule has 2 aromatic rings. The molecule has 174 valence electrons. The number of benzene rings is 2. The van der Waals surface area contributed by atoms with E-state index in [1.165, 1.54) is 23.5 Å². The van der Waals surface area contributed by atoms with Gasteiger partial charge in [0.05, 0.1) is 20.3 Å². The minimum absolute atomic E-state index is 0.00146. The SMILES string of the molecule is COc1ccc(NC(=O)[C@@H](C)Oc2cc(C)cc(C)c2C)cc1S(=O)(=O)N1CCOCC1. The van der Waals surface area contributed by atoms with Crippen LogP contribution in [-0.4, -0.2) is 58.1 Å². The van der Waals surface area contributed by atoms with Crippen molar-refractivity contribution in [2.45, 2.75) is 38.7 Å². The number of rotatable bonds is 7. The molecular formula is C23H30N2O6S. The van der Waals surface area contributed by atoms with Gasteiger partial charge in [-0.3, -0.25) is 4.79 Å². The number of hydrogen-bond acceptors (Lipinski definition) is 6. The second-order valence-corrected chi connectivity index (χ2v) is 9.74. The number of methoxy groups -OCH3 is 1. The van der Waals surface area contributed by atoms with Crippen LogP contribution in [0.15, 0.2) is 35.2 Å². The summed E-state index contributed by atoms with van der Waals surface area (Å²) in [7, 11) is -2.39. The lowest BCUT2D eigenvalue weighted by Crippen LogP contribution is -2.40. The highest BCUT2D eigenvalue weighted by Gasteiger charge is 2.30. The lowest BCUT2D eigenvalue weighted by molar-refractivity contribution is -0.122. The van der Waals surface area contributed by atoms with Gasteiger partial charge in [0.2, 0.25) is 10.0 Å². The first kappa shape index (κ1) is 24.0. The molecule has 0 saturated carbocycles. The van der Waals surface area contributed by atoms with Gasteiger partial charge in [0, 0.05) is 18.8 Å². The first-order valence-corrected chi connectivity index (χ1v) is 11.9. The van der Waals surface area contributed by atoms with Crippen LogP contribution in [0.1, 0.15) is 23.6 Å². The second kappa shape index (κ2) is 9.89. The second-order valence-electron chi connectivity index (χ2n) is 7.84. The Morgan fingerprint density at radius 1 is 1.09 bits per heavy atom. The zero-order chi connectivity index (χ0) is 23.5. The Morgan fingerprint density at radius 3 is 2.44 bits per heavy atom. The first-order chi connectivity index (χ1) is 15.1. The highest BCUT2D eigenvalue weighted by atomic mass is 32.2. The molecule has 0 aliphatic carbocycles. The maximum Gasteiger partial charge on any atom is 0.265 e. The minimum Gasteiger partial charge on any atom is -0.495 e. The summed E-state index contributed by atoms with van der Waals surface area (Å²) in [5.41, 5.74) is 3.44. The lowest BCUT2D eigenvalue weighted by atomic mass is 10.1. The van der Waals surface area contributed by atoms with Crippen molar-refractivity contribution in [2.75, 3.05) is 38.7 Å². The number of morpholine rings is 1. The Kier molecular flexibility index (Phi) is 7.43. The summed E-state index contributed by atoms with van der Waals surface area (Å²) in [5, 5.41) is 2.75. The van der Waals surface area contributed by atoms with Crippen molar-refractivity contribution in [2.24, 2.45) is 0 Å². The number of anilines is 1. The van der Waals surface area contributed by atoms with E-state index in [1.54, 1.807) is 13.0 Å². The van der Waals surface area contributed by atoms with E-state index < -0.39 is 16.1 Å². The van der Waals surface area contributed by atoms with E-state index in [4.69, 9.17) is 14.2 Å². The van der Waals surface area contributed by atoms with Gasteiger partial charge in [0.15, 0.2) is 6.10 Å². The van der Waals surface area contributed by atoms with E-state index in [1.807, 2.05) is 26.8 Å². The van der Waals surface area contributed by atoms with Gasteiger partial charge in [-0.15, -0.1) is 0 Å². The van der Waals surface area contributed by atoms with E-state index in [2.05, 4.69) is 11.4 Å². The molecule has 9 heteroatoms. The monoisotopic (exact) mass is 462 g/mol. The van der Waals surface area contributed by atoms with Crippen LogP contribution >= 0.6 is 0 Å². The fourth-order valence-corrected chi connectivity index (χ4v) is 5.08. The van der Waals surface area contributed by atoms with Crippen molar-refractivity contribution < 1.29 is 27.4 Å². The fraction of sp³-hybridized carbons (Fsp3) is 0.435. The molecule has 1 atom stereocenters.